The summed E-state index contributed by atoms with van der Waals surface area (Å²) in [5.41, 5.74) is 7.41. The summed E-state index contributed by atoms with van der Waals surface area (Å²) in [6.07, 6.45) is 2.02. The molecule has 0 aliphatic carbocycles. The third-order valence-corrected chi connectivity index (χ3v) is 3.57. The molecule has 0 saturated carbocycles. The summed E-state index contributed by atoms with van der Waals surface area (Å²) in [6.45, 7) is 1.60. The molecule has 0 amide bonds. The topological polar surface area (TPSA) is 53.7 Å². The fourth-order valence-electron chi connectivity index (χ4n) is 2.42. The molecular formula is C14H21NO3. The van der Waals surface area contributed by atoms with Crippen LogP contribution in [0.15, 0.2) is 18.2 Å². The second-order valence-electron chi connectivity index (χ2n) is 4.58. The molecule has 1 aromatic rings. The summed E-state index contributed by atoms with van der Waals surface area (Å²) in [5, 5.41) is 0. The molecule has 0 unspecified atom stereocenters. The van der Waals surface area contributed by atoms with Crippen molar-refractivity contribution in [2.75, 3.05) is 27.4 Å². The number of rotatable bonds is 4. The molecule has 0 spiro atoms. The Morgan fingerprint density at radius 1 is 1.22 bits per heavy atom. The third-order valence-electron chi connectivity index (χ3n) is 3.57. The largest absolute Gasteiger partial charge is 0.497 e. The van der Waals surface area contributed by atoms with E-state index in [0.717, 1.165) is 43.1 Å². The average molecular weight is 251 g/mol. The number of nitrogens with two attached hydrogens (primary N) is 1. The van der Waals surface area contributed by atoms with Gasteiger partial charge in [0.05, 0.1) is 14.2 Å². The average Bonchev–Trinajstić information content (AvgIpc) is 2.46. The maximum Gasteiger partial charge on any atom is 0.127 e. The molecule has 2 N–H and O–H groups in total. The van der Waals surface area contributed by atoms with Crippen molar-refractivity contribution in [3.63, 3.8) is 0 Å². The van der Waals surface area contributed by atoms with Gasteiger partial charge in [-0.15, -0.1) is 0 Å². The summed E-state index contributed by atoms with van der Waals surface area (Å²) in [7, 11) is 3.31. The van der Waals surface area contributed by atoms with Crippen LogP contribution in [-0.2, 0) is 4.74 Å². The minimum absolute atomic E-state index is 0.00486. The van der Waals surface area contributed by atoms with Gasteiger partial charge >= 0.3 is 0 Å². The fraction of sp³-hybridized carbons (Fsp3) is 0.571. The monoisotopic (exact) mass is 251 g/mol. The van der Waals surface area contributed by atoms with Crippen LogP contribution in [0.2, 0.25) is 0 Å². The summed E-state index contributed by atoms with van der Waals surface area (Å²) in [4.78, 5) is 0. The van der Waals surface area contributed by atoms with Crippen LogP contribution in [0.25, 0.3) is 0 Å². The Labute approximate surface area is 108 Å². The van der Waals surface area contributed by atoms with Crippen LogP contribution in [0, 0.1) is 5.92 Å². The molecule has 1 heterocycles. The molecule has 1 aliphatic heterocycles. The smallest absolute Gasteiger partial charge is 0.127 e. The van der Waals surface area contributed by atoms with Gasteiger partial charge in [0.1, 0.15) is 11.5 Å². The second-order valence-corrected chi connectivity index (χ2v) is 4.58. The molecule has 1 aliphatic rings. The number of ether oxygens (including phenoxy) is 3. The number of hydrogen-bond donors (Lipinski definition) is 1. The molecule has 1 fully saturated rings. The quantitative estimate of drug-likeness (QED) is 0.890. The first-order valence-corrected chi connectivity index (χ1v) is 6.31. The summed E-state index contributed by atoms with van der Waals surface area (Å²) in [6, 6.07) is 5.80. The van der Waals surface area contributed by atoms with Gasteiger partial charge in [-0.1, -0.05) is 6.07 Å². The minimum atomic E-state index is -0.00486. The van der Waals surface area contributed by atoms with Gasteiger partial charge in [-0.25, -0.2) is 0 Å². The standard InChI is InChI=1S/C14H21NO3/c1-16-11-3-4-12(13(9-11)17-2)14(15)10-5-7-18-8-6-10/h3-4,9-10,14H,5-8,15H2,1-2H3/t14-/m1/s1. The highest BCUT2D eigenvalue weighted by Crippen LogP contribution is 2.35. The molecule has 0 bridgehead atoms. The van der Waals surface area contributed by atoms with E-state index in [4.69, 9.17) is 19.9 Å². The van der Waals surface area contributed by atoms with Crippen LogP contribution in [0.3, 0.4) is 0 Å². The number of benzene rings is 1. The predicted octanol–water partition coefficient (Wildman–Crippen LogP) is 2.13. The van der Waals surface area contributed by atoms with Gasteiger partial charge in [0.15, 0.2) is 0 Å². The van der Waals surface area contributed by atoms with E-state index in [-0.39, 0.29) is 6.04 Å². The molecule has 2 rings (SSSR count). The molecular weight excluding hydrogens is 230 g/mol. The Hall–Kier alpha value is -1.26. The molecule has 100 valence electrons. The Morgan fingerprint density at radius 2 is 1.94 bits per heavy atom. The maximum atomic E-state index is 6.36. The van der Waals surface area contributed by atoms with Crippen molar-refractivity contribution in [3.05, 3.63) is 23.8 Å². The first kappa shape index (κ1) is 13.2. The van der Waals surface area contributed by atoms with Crippen LogP contribution < -0.4 is 15.2 Å². The molecule has 1 saturated heterocycles. The van der Waals surface area contributed by atoms with E-state index in [1.807, 2.05) is 18.2 Å². The van der Waals surface area contributed by atoms with Gasteiger partial charge in [0.25, 0.3) is 0 Å². The maximum absolute atomic E-state index is 6.36. The minimum Gasteiger partial charge on any atom is -0.497 e. The van der Waals surface area contributed by atoms with Crippen LogP contribution in [-0.4, -0.2) is 27.4 Å². The van der Waals surface area contributed by atoms with Crippen molar-refractivity contribution in [3.8, 4) is 11.5 Å². The molecule has 1 aromatic carbocycles. The molecule has 4 heteroatoms. The first-order chi connectivity index (χ1) is 8.76. The number of hydrogen-bond acceptors (Lipinski definition) is 4. The highest BCUT2D eigenvalue weighted by Gasteiger charge is 2.24. The van der Waals surface area contributed by atoms with E-state index >= 15 is 0 Å². The predicted molar refractivity (Wildman–Crippen MR) is 70.0 cm³/mol. The Balaban J connectivity index is 2.20. The van der Waals surface area contributed by atoms with Gasteiger partial charge in [-0.3, -0.25) is 0 Å². The summed E-state index contributed by atoms with van der Waals surface area (Å²) in [5.74, 6) is 2.05. The molecule has 18 heavy (non-hydrogen) atoms. The van der Waals surface area contributed by atoms with Crippen molar-refractivity contribution in [1.82, 2.24) is 0 Å². The van der Waals surface area contributed by atoms with Crippen molar-refractivity contribution in [1.29, 1.82) is 0 Å². The molecule has 0 aromatic heterocycles. The van der Waals surface area contributed by atoms with E-state index in [1.54, 1.807) is 14.2 Å². The van der Waals surface area contributed by atoms with Gasteiger partial charge in [0, 0.05) is 30.9 Å². The van der Waals surface area contributed by atoms with Crippen molar-refractivity contribution < 1.29 is 14.2 Å². The van der Waals surface area contributed by atoms with Crippen LogP contribution in [0.4, 0.5) is 0 Å². The lowest BCUT2D eigenvalue weighted by Gasteiger charge is -2.28. The first-order valence-electron chi connectivity index (χ1n) is 6.31. The van der Waals surface area contributed by atoms with E-state index in [0.29, 0.717) is 5.92 Å². The zero-order valence-corrected chi connectivity index (χ0v) is 11.0. The zero-order valence-electron chi connectivity index (χ0n) is 11.0. The molecule has 1 atom stereocenters. The summed E-state index contributed by atoms with van der Waals surface area (Å²) >= 11 is 0. The van der Waals surface area contributed by atoms with Crippen LogP contribution in [0.5, 0.6) is 11.5 Å². The van der Waals surface area contributed by atoms with Gasteiger partial charge in [-0.05, 0) is 24.8 Å². The van der Waals surface area contributed by atoms with Crippen LogP contribution >= 0.6 is 0 Å². The lowest BCUT2D eigenvalue weighted by molar-refractivity contribution is 0.0581. The zero-order chi connectivity index (χ0) is 13.0. The third kappa shape index (κ3) is 2.76. The van der Waals surface area contributed by atoms with E-state index in [2.05, 4.69) is 0 Å². The normalized spacial score (nSPS) is 18.4. The Morgan fingerprint density at radius 3 is 2.56 bits per heavy atom. The van der Waals surface area contributed by atoms with E-state index in [9.17, 15) is 0 Å². The highest BCUT2D eigenvalue weighted by molar-refractivity contribution is 5.42. The highest BCUT2D eigenvalue weighted by atomic mass is 16.5. The van der Waals surface area contributed by atoms with Crippen LogP contribution in [0.1, 0.15) is 24.4 Å². The van der Waals surface area contributed by atoms with E-state index in [1.165, 1.54) is 0 Å². The van der Waals surface area contributed by atoms with Gasteiger partial charge < -0.3 is 19.9 Å². The Bertz CT molecular complexity index is 389. The fourth-order valence-corrected chi connectivity index (χ4v) is 2.42. The lowest BCUT2D eigenvalue weighted by Crippen LogP contribution is -2.27. The molecule has 4 nitrogen and oxygen atoms in total. The van der Waals surface area contributed by atoms with Gasteiger partial charge in [-0.2, -0.15) is 0 Å². The summed E-state index contributed by atoms with van der Waals surface area (Å²) < 4.78 is 16.0. The number of methoxy groups -OCH3 is 2. The van der Waals surface area contributed by atoms with Crippen molar-refractivity contribution >= 4 is 0 Å². The van der Waals surface area contributed by atoms with Gasteiger partial charge in [0.2, 0.25) is 0 Å². The second kappa shape index (κ2) is 6.07. The van der Waals surface area contributed by atoms with Crippen molar-refractivity contribution in [2.24, 2.45) is 11.7 Å². The SMILES string of the molecule is COc1ccc([C@H](N)C2CCOCC2)c(OC)c1. The Kier molecular flexibility index (Phi) is 4.44. The van der Waals surface area contributed by atoms with Crippen molar-refractivity contribution in [2.45, 2.75) is 18.9 Å². The molecule has 0 radical (unpaired) electrons. The van der Waals surface area contributed by atoms with E-state index < -0.39 is 0 Å². The lowest BCUT2D eigenvalue weighted by atomic mass is 9.87.